The number of hydrogen-bond acceptors (Lipinski definition) is 4. The Morgan fingerprint density at radius 2 is 2.05 bits per heavy atom. The minimum Gasteiger partial charge on any atom is -0.382 e. The molecule has 1 saturated carbocycles. The third kappa shape index (κ3) is 2.68. The van der Waals surface area contributed by atoms with Crippen molar-refractivity contribution in [2.24, 2.45) is 5.92 Å². The Morgan fingerprint density at radius 3 is 2.81 bits per heavy atom. The van der Waals surface area contributed by atoms with Gasteiger partial charge in [-0.05, 0) is 30.9 Å². The lowest BCUT2D eigenvalue weighted by Gasteiger charge is -2.30. The number of pyridine rings is 1. The van der Waals surface area contributed by atoms with Gasteiger partial charge in [0.15, 0.2) is 0 Å². The van der Waals surface area contributed by atoms with Crippen molar-refractivity contribution in [3.63, 3.8) is 0 Å². The van der Waals surface area contributed by atoms with Gasteiger partial charge in [-0.25, -0.2) is 0 Å². The molecule has 2 atom stereocenters. The quantitative estimate of drug-likeness (QED) is 0.680. The zero-order valence-corrected chi connectivity index (χ0v) is 12.1. The van der Waals surface area contributed by atoms with Crippen LogP contribution in [0.4, 0.5) is 11.4 Å². The van der Waals surface area contributed by atoms with E-state index in [1.807, 2.05) is 12.1 Å². The summed E-state index contributed by atoms with van der Waals surface area (Å²) >= 11 is 0. The molecule has 1 aromatic carbocycles. The molecule has 3 rings (SSSR count). The number of hydrogen-bond donors (Lipinski definition) is 1. The van der Waals surface area contributed by atoms with Gasteiger partial charge in [0, 0.05) is 35.6 Å². The first-order valence-electron chi connectivity index (χ1n) is 7.44. The smallest absolute Gasteiger partial charge is 0.278 e. The van der Waals surface area contributed by atoms with Crippen molar-refractivity contribution in [2.45, 2.75) is 38.6 Å². The van der Waals surface area contributed by atoms with Gasteiger partial charge in [0.05, 0.1) is 10.3 Å². The first-order chi connectivity index (χ1) is 10.2. The molecule has 1 aliphatic carbocycles. The molecule has 0 bridgehead atoms. The molecule has 21 heavy (non-hydrogen) atoms. The highest BCUT2D eigenvalue weighted by Gasteiger charge is 2.22. The largest absolute Gasteiger partial charge is 0.382 e. The Labute approximate surface area is 123 Å². The average molecular weight is 285 g/mol. The standard InChI is InChI=1S/C16H19N3O2/c1-11-4-2-3-5-14(11)18-15-6-7-16(19(20)21)13-10-17-9-8-12(13)15/h6-11,14,18H,2-5H2,1H3/t11-,14+/m1/s1. The number of rotatable bonds is 3. The Bertz CT molecular complexity index is 672. The summed E-state index contributed by atoms with van der Waals surface area (Å²) in [5.41, 5.74) is 1.08. The van der Waals surface area contributed by atoms with Crippen LogP contribution in [0, 0.1) is 16.0 Å². The summed E-state index contributed by atoms with van der Waals surface area (Å²) in [7, 11) is 0. The van der Waals surface area contributed by atoms with E-state index >= 15 is 0 Å². The van der Waals surface area contributed by atoms with Crippen molar-refractivity contribution in [1.82, 2.24) is 4.98 Å². The minimum atomic E-state index is -0.350. The van der Waals surface area contributed by atoms with E-state index in [1.54, 1.807) is 18.5 Å². The highest BCUT2D eigenvalue weighted by Crippen LogP contribution is 2.33. The molecule has 2 aromatic rings. The summed E-state index contributed by atoms with van der Waals surface area (Å²) in [4.78, 5) is 14.8. The molecule has 1 fully saturated rings. The van der Waals surface area contributed by atoms with Gasteiger partial charge in [-0.3, -0.25) is 15.1 Å². The molecular weight excluding hydrogens is 266 g/mol. The lowest BCUT2D eigenvalue weighted by atomic mass is 9.85. The van der Waals surface area contributed by atoms with E-state index in [0.29, 0.717) is 17.3 Å². The predicted octanol–water partition coefficient (Wildman–Crippen LogP) is 4.13. The number of nitrogens with one attached hydrogen (secondary N) is 1. The lowest BCUT2D eigenvalue weighted by Crippen LogP contribution is -2.30. The number of non-ortho nitro benzene ring substituents is 1. The van der Waals surface area contributed by atoms with Gasteiger partial charge >= 0.3 is 0 Å². The molecule has 0 spiro atoms. The van der Waals surface area contributed by atoms with Crippen LogP contribution < -0.4 is 5.32 Å². The Hall–Kier alpha value is -2.17. The summed E-state index contributed by atoms with van der Waals surface area (Å²) in [6, 6.07) is 5.68. The van der Waals surface area contributed by atoms with Gasteiger partial charge in [0.25, 0.3) is 5.69 Å². The van der Waals surface area contributed by atoms with Crippen LogP contribution in [-0.2, 0) is 0 Å². The maximum Gasteiger partial charge on any atom is 0.278 e. The number of fused-ring (bicyclic) bond motifs is 1. The van der Waals surface area contributed by atoms with Crippen LogP contribution in [0.3, 0.4) is 0 Å². The van der Waals surface area contributed by atoms with Gasteiger partial charge in [0.2, 0.25) is 0 Å². The first-order valence-corrected chi connectivity index (χ1v) is 7.44. The summed E-state index contributed by atoms with van der Waals surface area (Å²) < 4.78 is 0. The van der Waals surface area contributed by atoms with Crippen molar-refractivity contribution in [2.75, 3.05) is 5.32 Å². The third-order valence-electron chi connectivity index (χ3n) is 4.44. The van der Waals surface area contributed by atoms with E-state index in [2.05, 4.69) is 17.2 Å². The number of nitrogens with zero attached hydrogens (tertiary/aromatic N) is 2. The molecule has 1 aliphatic rings. The maximum absolute atomic E-state index is 11.1. The Balaban J connectivity index is 1.99. The molecule has 5 heteroatoms. The molecule has 0 radical (unpaired) electrons. The summed E-state index contributed by atoms with van der Waals surface area (Å²) in [6.45, 7) is 2.27. The fourth-order valence-corrected chi connectivity index (χ4v) is 3.19. The molecular formula is C16H19N3O2. The molecule has 5 nitrogen and oxygen atoms in total. The van der Waals surface area contributed by atoms with Crippen LogP contribution in [0.15, 0.2) is 30.6 Å². The van der Waals surface area contributed by atoms with Gasteiger partial charge in [0.1, 0.15) is 0 Å². The normalized spacial score (nSPS) is 22.1. The molecule has 1 N–H and O–H groups in total. The molecule has 0 amide bonds. The fraction of sp³-hybridized carbons (Fsp3) is 0.438. The first kappa shape index (κ1) is 13.8. The number of aromatic nitrogens is 1. The zero-order chi connectivity index (χ0) is 14.8. The summed E-state index contributed by atoms with van der Waals surface area (Å²) in [6.07, 6.45) is 8.19. The van der Waals surface area contributed by atoms with E-state index < -0.39 is 0 Å². The van der Waals surface area contributed by atoms with Crippen LogP contribution in [-0.4, -0.2) is 15.9 Å². The SMILES string of the molecule is C[C@@H]1CCCC[C@@H]1Nc1ccc([N+](=O)[O-])c2cnccc12. The molecule has 0 aliphatic heterocycles. The van der Waals surface area contributed by atoms with E-state index in [4.69, 9.17) is 0 Å². The third-order valence-corrected chi connectivity index (χ3v) is 4.44. The van der Waals surface area contributed by atoms with Crippen molar-refractivity contribution < 1.29 is 4.92 Å². The monoisotopic (exact) mass is 285 g/mol. The average Bonchev–Trinajstić information content (AvgIpc) is 2.49. The van der Waals surface area contributed by atoms with E-state index in [9.17, 15) is 10.1 Å². The van der Waals surface area contributed by atoms with Crippen molar-refractivity contribution >= 4 is 22.1 Å². The minimum absolute atomic E-state index is 0.111. The van der Waals surface area contributed by atoms with Crippen LogP contribution in [0.25, 0.3) is 10.8 Å². The van der Waals surface area contributed by atoms with Crippen molar-refractivity contribution in [3.8, 4) is 0 Å². The Morgan fingerprint density at radius 1 is 1.24 bits per heavy atom. The Kier molecular flexibility index (Phi) is 3.73. The van der Waals surface area contributed by atoms with Gasteiger partial charge in [-0.15, -0.1) is 0 Å². The van der Waals surface area contributed by atoms with Gasteiger partial charge in [-0.2, -0.15) is 0 Å². The fourth-order valence-electron chi connectivity index (χ4n) is 3.19. The predicted molar refractivity (Wildman–Crippen MR) is 83.4 cm³/mol. The van der Waals surface area contributed by atoms with E-state index in [1.165, 1.54) is 19.3 Å². The van der Waals surface area contributed by atoms with Crippen molar-refractivity contribution in [1.29, 1.82) is 0 Å². The van der Waals surface area contributed by atoms with Gasteiger partial charge < -0.3 is 5.32 Å². The lowest BCUT2D eigenvalue weighted by molar-refractivity contribution is -0.383. The molecule has 110 valence electrons. The van der Waals surface area contributed by atoms with Crippen LogP contribution >= 0.6 is 0 Å². The zero-order valence-electron chi connectivity index (χ0n) is 12.1. The maximum atomic E-state index is 11.1. The van der Waals surface area contributed by atoms with Gasteiger partial charge in [-0.1, -0.05) is 19.8 Å². The summed E-state index contributed by atoms with van der Waals surface area (Å²) in [5, 5.41) is 16.2. The second-order valence-corrected chi connectivity index (χ2v) is 5.82. The highest BCUT2D eigenvalue weighted by molar-refractivity contribution is 5.99. The van der Waals surface area contributed by atoms with Crippen LogP contribution in [0.5, 0.6) is 0 Å². The van der Waals surface area contributed by atoms with E-state index in [0.717, 1.165) is 17.5 Å². The number of benzene rings is 1. The van der Waals surface area contributed by atoms with Crippen LogP contribution in [0.2, 0.25) is 0 Å². The van der Waals surface area contributed by atoms with Crippen molar-refractivity contribution in [3.05, 3.63) is 40.7 Å². The van der Waals surface area contributed by atoms with E-state index in [-0.39, 0.29) is 10.6 Å². The number of nitro groups is 1. The molecule has 0 unspecified atom stereocenters. The molecule has 1 heterocycles. The highest BCUT2D eigenvalue weighted by atomic mass is 16.6. The second-order valence-electron chi connectivity index (χ2n) is 5.82. The molecule has 0 saturated heterocycles. The number of anilines is 1. The van der Waals surface area contributed by atoms with Crippen LogP contribution in [0.1, 0.15) is 32.6 Å². The summed E-state index contributed by atoms with van der Waals surface area (Å²) in [5.74, 6) is 0.630. The second kappa shape index (κ2) is 5.68. The number of nitro benzene ring substituents is 1. The molecule has 1 aromatic heterocycles. The topological polar surface area (TPSA) is 68.1 Å².